The molecule has 0 aliphatic carbocycles. The molecule has 4 rings (SSSR count). The van der Waals surface area contributed by atoms with Crippen molar-refractivity contribution in [2.45, 2.75) is 6.18 Å². The van der Waals surface area contributed by atoms with Crippen molar-refractivity contribution in [1.82, 2.24) is 4.40 Å². The molecular formula is C24H14ClF5N2O4. The highest BCUT2D eigenvalue weighted by molar-refractivity contribution is 6.30. The number of nitrogens with zero attached hydrogens (tertiary/aromatic N) is 1. The molecule has 36 heavy (non-hydrogen) atoms. The molecule has 0 saturated carbocycles. The van der Waals surface area contributed by atoms with E-state index in [1.165, 1.54) is 30.3 Å². The molecule has 186 valence electrons. The number of pyridine rings is 1. The topological polar surface area (TPSA) is 69.0 Å². The van der Waals surface area contributed by atoms with E-state index in [0.717, 1.165) is 41.8 Å². The van der Waals surface area contributed by atoms with Gasteiger partial charge in [-0.25, -0.2) is 13.6 Å². The van der Waals surface area contributed by atoms with Crippen LogP contribution in [0.25, 0.3) is 16.8 Å². The molecule has 0 fully saturated rings. The van der Waals surface area contributed by atoms with Crippen molar-refractivity contribution in [3.05, 3.63) is 88.6 Å². The van der Waals surface area contributed by atoms with Gasteiger partial charge in [-0.1, -0.05) is 29.8 Å². The average molecular weight is 525 g/mol. The highest BCUT2D eigenvalue weighted by Crippen LogP contribution is 2.41. The molecule has 0 aliphatic rings. The lowest BCUT2D eigenvalue weighted by Crippen LogP contribution is -2.14. The molecule has 0 radical (unpaired) electrons. The maximum Gasteiger partial charge on any atom is 0.513 e. The monoisotopic (exact) mass is 524 g/mol. The Morgan fingerprint density at radius 2 is 1.69 bits per heavy atom. The van der Waals surface area contributed by atoms with Gasteiger partial charge in [0.1, 0.15) is 10.9 Å². The second-order valence-corrected chi connectivity index (χ2v) is 7.75. The number of aromatic nitrogens is 1. The first-order valence-electron chi connectivity index (χ1n) is 10.0. The molecule has 0 spiro atoms. The lowest BCUT2D eigenvalue weighted by Gasteiger charge is -2.13. The molecule has 0 saturated heterocycles. The Morgan fingerprint density at radius 3 is 2.33 bits per heavy atom. The molecule has 2 aromatic carbocycles. The molecule has 1 amide bonds. The summed E-state index contributed by atoms with van der Waals surface area (Å²) in [4.78, 5) is 23.7. The van der Waals surface area contributed by atoms with Crippen LogP contribution in [-0.4, -0.2) is 23.6 Å². The SMILES string of the molecule is COC(=O)Oc1cc(Cl)n2c(-c3ccc(NC(=O)c4cccc(F)c4F)cc3)c(C(F)(F)F)cc2c1. The zero-order valence-electron chi connectivity index (χ0n) is 18.1. The smallest absolute Gasteiger partial charge is 0.437 e. The number of halogens is 6. The van der Waals surface area contributed by atoms with Gasteiger partial charge in [-0.05, 0) is 35.9 Å². The predicted molar refractivity (Wildman–Crippen MR) is 120 cm³/mol. The number of anilines is 1. The highest BCUT2D eigenvalue weighted by atomic mass is 35.5. The molecule has 12 heteroatoms. The Bertz CT molecular complexity index is 1480. The summed E-state index contributed by atoms with van der Waals surface area (Å²) in [5, 5.41) is 2.18. The first kappa shape index (κ1) is 25.0. The van der Waals surface area contributed by atoms with Gasteiger partial charge < -0.3 is 14.8 Å². The normalized spacial score (nSPS) is 11.4. The van der Waals surface area contributed by atoms with Gasteiger partial charge in [0.25, 0.3) is 5.91 Å². The van der Waals surface area contributed by atoms with Crippen LogP contribution < -0.4 is 10.1 Å². The maximum atomic E-state index is 13.9. The molecule has 6 nitrogen and oxygen atoms in total. The minimum Gasteiger partial charge on any atom is -0.437 e. The van der Waals surface area contributed by atoms with Crippen molar-refractivity contribution in [1.29, 1.82) is 0 Å². The van der Waals surface area contributed by atoms with E-state index in [0.29, 0.717) is 0 Å². The van der Waals surface area contributed by atoms with E-state index >= 15 is 0 Å². The zero-order valence-corrected chi connectivity index (χ0v) is 18.9. The van der Waals surface area contributed by atoms with Gasteiger partial charge in [0, 0.05) is 17.8 Å². The summed E-state index contributed by atoms with van der Waals surface area (Å²) in [5.74, 6) is -3.59. The van der Waals surface area contributed by atoms with Gasteiger partial charge >= 0.3 is 12.3 Å². The number of hydrogen-bond acceptors (Lipinski definition) is 4. The Kier molecular flexibility index (Phi) is 6.59. The van der Waals surface area contributed by atoms with Crippen LogP contribution >= 0.6 is 11.6 Å². The first-order valence-corrected chi connectivity index (χ1v) is 10.4. The van der Waals surface area contributed by atoms with E-state index < -0.39 is 41.0 Å². The summed E-state index contributed by atoms with van der Waals surface area (Å²) in [6, 6.07) is 11.5. The average Bonchev–Trinajstić information content (AvgIpc) is 3.22. The molecule has 2 heterocycles. The summed E-state index contributed by atoms with van der Waals surface area (Å²) >= 11 is 6.24. The maximum absolute atomic E-state index is 13.9. The van der Waals surface area contributed by atoms with Crippen LogP contribution in [0.1, 0.15) is 15.9 Å². The van der Waals surface area contributed by atoms with Crippen LogP contribution in [0.2, 0.25) is 5.15 Å². The second-order valence-electron chi connectivity index (χ2n) is 7.37. The number of carbonyl (C=O) groups is 2. The number of carbonyl (C=O) groups excluding carboxylic acids is 2. The number of methoxy groups -OCH3 is 1. The minimum absolute atomic E-state index is 0.0114. The van der Waals surface area contributed by atoms with Crippen LogP contribution in [0.5, 0.6) is 5.75 Å². The van der Waals surface area contributed by atoms with Crippen molar-refractivity contribution in [3.63, 3.8) is 0 Å². The Hall–Kier alpha value is -4.12. The summed E-state index contributed by atoms with van der Waals surface area (Å²) in [7, 11) is 1.07. The fourth-order valence-corrected chi connectivity index (χ4v) is 3.81. The van der Waals surface area contributed by atoms with E-state index in [-0.39, 0.29) is 33.4 Å². The van der Waals surface area contributed by atoms with Gasteiger partial charge in [-0.3, -0.25) is 9.20 Å². The summed E-state index contributed by atoms with van der Waals surface area (Å²) in [6.45, 7) is 0. The number of rotatable bonds is 4. The third-order valence-corrected chi connectivity index (χ3v) is 5.36. The van der Waals surface area contributed by atoms with Crippen LogP contribution in [-0.2, 0) is 10.9 Å². The molecule has 4 aromatic rings. The highest BCUT2D eigenvalue weighted by Gasteiger charge is 2.36. The molecule has 0 bridgehead atoms. The van der Waals surface area contributed by atoms with Gasteiger partial charge in [-0.2, -0.15) is 13.2 Å². The van der Waals surface area contributed by atoms with Crippen molar-refractivity contribution >= 4 is 34.9 Å². The van der Waals surface area contributed by atoms with Crippen LogP contribution in [0.15, 0.2) is 60.7 Å². The van der Waals surface area contributed by atoms with E-state index in [9.17, 15) is 31.5 Å². The zero-order chi connectivity index (χ0) is 26.2. The minimum atomic E-state index is -4.77. The standard InChI is InChI=1S/C24H14ClF5N2O4/c1-35-23(34)36-15-9-14-10-17(24(28,29)30)21(32(14)19(25)11-15)12-5-7-13(8-6-12)31-22(33)16-3-2-4-18(26)20(16)27/h2-11H,1H3,(H,31,33). The van der Waals surface area contributed by atoms with Crippen molar-refractivity contribution in [3.8, 4) is 17.0 Å². The van der Waals surface area contributed by atoms with Gasteiger partial charge in [0.15, 0.2) is 11.6 Å². The van der Waals surface area contributed by atoms with E-state index in [2.05, 4.69) is 10.1 Å². The van der Waals surface area contributed by atoms with E-state index in [1.54, 1.807) is 0 Å². The van der Waals surface area contributed by atoms with E-state index in [4.69, 9.17) is 16.3 Å². The molecule has 1 N–H and O–H groups in total. The Balaban J connectivity index is 1.73. The molecule has 0 aliphatic heterocycles. The quantitative estimate of drug-likeness (QED) is 0.178. The Morgan fingerprint density at radius 1 is 1.00 bits per heavy atom. The Labute approximate surface area is 204 Å². The number of benzene rings is 2. The van der Waals surface area contributed by atoms with Crippen LogP contribution in [0.3, 0.4) is 0 Å². The van der Waals surface area contributed by atoms with E-state index in [1.807, 2.05) is 0 Å². The largest absolute Gasteiger partial charge is 0.513 e. The lowest BCUT2D eigenvalue weighted by atomic mass is 10.1. The number of ether oxygens (including phenoxy) is 2. The fourth-order valence-electron chi connectivity index (χ4n) is 3.52. The number of alkyl halides is 3. The van der Waals surface area contributed by atoms with Gasteiger partial charge in [-0.15, -0.1) is 0 Å². The number of amides is 1. The summed E-state index contributed by atoms with van der Waals surface area (Å²) in [6.07, 6.45) is -5.84. The fraction of sp³-hybridized carbons (Fsp3) is 0.0833. The van der Waals surface area contributed by atoms with Gasteiger partial charge in [0.05, 0.1) is 29.4 Å². The predicted octanol–water partition coefficient (Wildman–Crippen LogP) is 6.95. The van der Waals surface area contributed by atoms with Crippen molar-refractivity contribution in [2.24, 2.45) is 0 Å². The summed E-state index contributed by atoms with van der Waals surface area (Å²) < 4.78 is 79.3. The third-order valence-electron chi connectivity index (χ3n) is 5.08. The molecule has 0 atom stereocenters. The summed E-state index contributed by atoms with van der Waals surface area (Å²) in [5.41, 5.74) is -1.66. The molecular weight excluding hydrogens is 511 g/mol. The lowest BCUT2D eigenvalue weighted by molar-refractivity contribution is -0.137. The van der Waals surface area contributed by atoms with Crippen LogP contribution in [0, 0.1) is 11.6 Å². The first-order chi connectivity index (χ1) is 17.0. The number of hydrogen-bond donors (Lipinski definition) is 1. The van der Waals surface area contributed by atoms with Gasteiger partial charge in [0.2, 0.25) is 0 Å². The number of fused-ring (bicyclic) bond motifs is 1. The van der Waals surface area contributed by atoms with Crippen molar-refractivity contribution < 1.29 is 41.0 Å². The van der Waals surface area contributed by atoms with Crippen molar-refractivity contribution in [2.75, 3.05) is 12.4 Å². The number of nitrogens with one attached hydrogen (secondary N) is 1. The molecule has 2 aromatic heterocycles. The second kappa shape index (κ2) is 9.50. The molecule has 0 unspecified atom stereocenters. The third kappa shape index (κ3) is 4.82. The van der Waals surface area contributed by atoms with Crippen LogP contribution in [0.4, 0.5) is 32.4 Å².